The molecule has 0 heterocycles. The Kier molecular flexibility index (Phi) is 15.6. The van der Waals surface area contributed by atoms with Gasteiger partial charge in [-0.1, -0.05) is 51.4 Å². The van der Waals surface area contributed by atoms with Crippen molar-refractivity contribution in [2.75, 3.05) is 19.8 Å². The average Bonchev–Trinajstić information content (AvgIpc) is 2.49. The van der Waals surface area contributed by atoms with Crippen LogP contribution in [0.2, 0.25) is 6.55 Å². The fraction of sp³-hybridized carbons (Fsp3) is 1.00. The summed E-state index contributed by atoms with van der Waals surface area (Å²) in [5.41, 5.74) is 5.50. The van der Waals surface area contributed by atoms with Crippen LogP contribution in [0.25, 0.3) is 0 Å². The molecular formula is C18H41NO3Si. The third-order valence-electron chi connectivity index (χ3n) is 4.04. The Morgan fingerprint density at radius 3 is 1.65 bits per heavy atom. The van der Waals surface area contributed by atoms with Gasteiger partial charge in [-0.05, 0) is 40.2 Å². The van der Waals surface area contributed by atoms with Crippen LogP contribution in [0.5, 0.6) is 0 Å². The number of unbranched alkanes of at least 4 members (excludes halogenated alkanes) is 8. The quantitative estimate of drug-likeness (QED) is 0.300. The summed E-state index contributed by atoms with van der Waals surface area (Å²) in [5.74, 6) is 0. The second-order valence-electron chi connectivity index (χ2n) is 6.42. The van der Waals surface area contributed by atoms with E-state index in [0.717, 1.165) is 13.0 Å². The molecule has 0 saturated carbocycles. The van der Waals surface area contributed by atoms with E-state index in [4.69, 9.17) is 19.0 Å². The third kappa shape index (κ3) is 14.1. The highest BCUT2D eigenvalue weighted by Crippen LogP contribution is 2.17. The summed E-state index contributed by atoms with van der Waals surface area (Å²) in [6, 6.07) is 0. The van der Waals surface area contributed by atoms with Gasteiger partial charge >= 0.3 is 8.80 Å². The molecule has 140 valence electrons. The smallest absolute Gasteiger partial charge is 0.374 e. The van der Waals surface area contributed by atoms with Crippen LogP contribution in [0.3, 0.4) is 0 Å². The second kappa shape index (κ2) is 15.6. The molecule has 0 bridgehead atoms. The van der Waals surface area contributed by atoms with Crippen molar-refractivity contribution >= 4 is 8.80 Å². The fourth-order valence-electron chi connectivity index (χ4n) is 2.87. The summed E-state index contributed by atoms with van der Waals surface area (Å²) < 4.78 is 17.5. The van der Waals surface area contributed by atoms with E-state index < -0.39 is 8.80 Å². The van der Waals surface area contributed by atoms with Gasteiger partial charge in [-0.2, -0.15) is 0 Å². The van der Waals surface area contributed by atoms with Gasteiger partial charge in [0.2, 0.25) is 0 Å². The summed E-state index contributed by atoms with van der Waals surface area (Å²) in [6.45, 7) is 10.3. The molecule has 0 amide bonds. The Morgan fingerprint density at radius 1 is 0.783 bits per heavy atom. The summed E-state index contributed by atoms with van der Waals surface area (Å²) >= 11 is 0. The van der Waals surface area contributed by atoms with Crippen LogP contribution < -0.4 is 5.73 Å². The Labute approximate surface area is 145 Å². The summed E-state index contributed by atoms with van der Waals surface area (Å²) in [6.07, 6.45) is 13.1. The van der Waals surface area contributed by atoms with Crippen LogP contribution in [0.4, 0.5) is 0 Å². The molecule has 23 heavy (non-hydrogen) atoms. The molecule has 0 aliphatic rings. The first-order valence-corrected chi connectivity index (χ1v) is 12.0. The van der Waals surface area contributed by atoms with Gasteiger partial charge in [-0.15, -0.1) is 0 Å². The van der Waals surface area contributed by atoms with Gasteiger partial charge in [0, 0.05) is 25.9 Å². The Bertz CT molecular complexity index is 248. The minimum absolute atomic E-state index is 0.223. The van der Waals surface area contributed by atoms with Crippen molar-refractivity contribution in [2.24, 2.45) is 5.73 Å². The van der Waals surface area contributed by atoms with Crippen molar-refractivity contribution in [3.8, 4) is 0 Å². The van der Waals surface area contributed by atoms with Gasteiger partial charge in [0.1, 0.15) is 0 Å². The van der Waals surface area contributed by atoms with Crippen LogP contribution >= 0.6 is 0 Å². The first kappa shape index (κ1) is 23.1. The van der Waals surface area contributed by atoms with Crippen molar-refractivity contribution < 1.29 is 13.3 Å². The summed E-state index contributed by atoms with van der Waals surface area (Å²) in [5, 5.41) is 0. The number of hydrogen-bond donors (Lipinski definition) is 1. The first-order valence-electron chi connectivity index (χ1n) is 9.73. The lowest BCUT2D eigenvalue weighted by molar-refractivity contribution is 0.0407. The van der Waals surface area contributed by atoms with Crippen LogP contribution in [-0.4, -0.2) is 34.7 Å². The van der Waals surface area contributed by atoms with Gasteiger partial charge < -0.3 is 19.0 Å². The largest absolute Gasteiger partial charge is 0.497 e. The van der Waals surface area contributed by atoms with Crippen LogP contribution in [0.1, 0.15) is 85.0 Å². The molecule has 0 spiro atoms. The maximum Gasteiger partial charge on any atom is 0.497 e. The number of hydrogen-bond acceptors (Lipinski definition) is 4. The van der Waals surface area contributed by atoms with Gasteiger partial charge in [0.15, 0.2) is 0 Å². The van der Waals surface area contributed by atoms with E-state index in [1.54, 1.807) is 0 Å². The van der Waals surface area contributed by atoms with Gasteiger partial charge in [-0.25, -0.2) is 0 Å². The maximum absolute atomic E-state index is 6.09. The molecule has 0 fully saturated rings. The zero-order valence-corrected chi connectivity index (χ0v) is 17.1. The molecule has 2 N–H and O–H groups in total. The zero-order valence-electron chi connectivity index (χ0n) is 16.1. The highest BCUT2D eigenvalue weighted by molar-refractivity contribution is 6.59. The van der Waals surface area contributed by atoms with Gasteiger partial charge in [0.25, 0.3) is 0 Å². The molecule has 0 saturated heterocycles. The molecule has 0 aromatic rings. The second-order valence-corrected chi connectivity index (χ2v) is 8.95. The van der Waals surface area contributed by atoms with Crippen LogP contribution in [0, 0.1) is 0 Å². The standard InChI is InChI=1S/C18H41NO3Si/c1-5-20-23(4,21-6-2)22-18(3)16-14-12-10-8-7-9-11-13-15-17-19/h18H,5-17,19H2,1-4H3. The Balaban J connectivity index is 3.56. The summed E-state index contributed by atoms with van der Waals surface area (Å²) in [7, 11) is -2.42. The lowest BCUT2D eigenvalue weighted by Crippen LogP contribution is -2.45. The zero-order chi connectivity index (χ0) is 17.4. The van der Waals surface area contributed by atoms with Gasteiger partial charge in [0.05, 0.1) is 0 Å². The molecule has 0 aromatic carbocycles. The molecule has 0 aliphatic carbocycles. The van der Waals surface area contributed by atoms with Gasteiger partial charge in [-0.3, -0.25) is 0 Å². The molecule has 1 atom stereocenters. The number of rotatable bonds is 17. The van der Waals surface area contributed by atoms with E-state index in [2.05, 4.69) is 6.92 Å². The SMILES string of the molecule is CCO[Si](C)(OCC)OC(C)CCCCCCCCCCCN. The highest BCUT2D eigenvalue weighted by Gasteiger charge is 2.35. The molecule has 0 rings (SSSR count). The molecule has 4 nitrogen and oxygen atoms in total. The fourth-order valence-corrected chi connectivity index (χ4v) is 4.99. The number of nitrogens with two attached hydrogens (primary N) is 1. The van der Waals surface area contributed by atoms with E-state index >= 15 is 0 Å². The predicted molar refractivity (Wildman–Crippen MR) is 101 cm³/mol. The summed E-state index contributed by atoms with van der Waals surface area (Å²) in [4.78, 5) is 0. The lowest BCUT2D eigenvalue weighted by atomic mass is 10.1. The van der Waals surface area contributed by atoms with Crippen LogP contribution in [-0.2, 0) is 13.3 Å². The minimum Gasteiger partial charge on any atom is -0.374 e. The van der Waals surface area contributed by atoms with E-state index in [9.17, 15) is 0 Å². The first-order chi connectivity index (χ1) is 11.1. The Morgan fingerprint density at radius 2 is 1.22 bits per heavy atom. The average molecular weight is 348 g/mol. The molecule has 1 unspecified atom stereocenters. The van der Waals surface area contributed by atoms with Crippen molar-refractivity contribution in [3.05, 3.63) is 0 Å². The van der Waals surface area contributed by atoms with Crippen molar-refractivity contribution in [3.63, 3.8) is 0 Å². The Hall–Kier alpha value is 0.0569. The third-order valence-corrected chi connectivity index (χ3v) is 6.50. The van der Waals surface area contributed by atoms with E-state index in [1.807, 2.05) is 20.4 Å². The van der Waals surface area contributed by atoms with E-state index in [0.29, 0.717) is 13.2 Å². The molecule has 0 aliphatic heterocycles. The van der Waals surface area contributed by atoms with Crippen molar-refractivity contribution in [1.29, 1.82) is 0 Å². The lowest BCUT2D eigenvalue weighted by Gasteiger charge is -2.28. The highest BCUT2D eigenvalue weighted by atomic mass is 28.4. The normalized spacial score (nSPS) is 13.4. The van der Waals surface area contributed by atoms with E-state index in [1.165, 1.54) is 57.8 Å². The van der Waals surface area contributed by atoms with E-state index in [-0.39, 0.29) is 6.10 Å². The van der Waals surface area contributed by atoms with Crippen molar-refractivity contribution in [1.82, 2.24) is 0 Å². The predicted octanol–water partition coefficient (Wildman–Crippen LogP) is 4.89. The molecule has 5 heteroatoms. The van der Waals surface area contributed by atoms with Crippen LogP contribution in [0.15, 0.2) is 0 Å². The molecule has 0 aromatic heterocycles. The van der Waals surface area contributed by atoms with Crippen molar-refractivity contribution in [2.45, 2.75) is 97.6 Å². The monoisotopic (exact) mass is 347 g/mol. The molecule has 0 radical (unpaired) electrons. The minimum atomic E-state index is -2.42. The molecular weight excluding hydrogens is 306 g/mol. The maximum atomic E-state index is 6.09. The topological polar surface area (TPSA) is 53.7 Å².